The highest BCUT2D eigenvalue weighted by Crippen LogP contribution is 2.29. The zero-order valence-electron chi connectivity index (χ0n) is 12.5. The number of carbonyl (C=O) groups excluding carboxylic acids is 4. The van der Waals surface area contributed by atoms with E-state index in [4.69, 9.17) is 0 Å². The smallest absolute Gasteiger partial charge is 0.289 e. The molecule has 3 rings (SSSR count). The van der Waals surface area contributed by atoms with Gasteiger partial charge in [0, 0.05) is 29.6 Å². The van der Waals surface area contributed by atoms with Crippen LogP contribution in [0, 0.1) is 0 Å². The fraction of sp³-hybridized carbons (Fsp3) is 0.231. The Balaban J connectivity index is 1.54. The van der Waals surface area contributed by atoms with Gasteiger partial charge in [0.25, 0.3) is 5.24 Å². The van der Waals surface area contributed by atoms with Gasteiger partial charge in [0.15, 0.2) is 10.3 Å². The number of hydrogen-bond acceptors (Lipinski definition) is 9. The molecule has 0 aliphatic carbocycles. The molecule has 0 spiro atoms. The Bertz CT molecular complexity index is 793. The van der Waals surface area contributed by atoms with E-state index in [-0.39, 0.29) is 6.42 Å². The van der Waals surface area contributed by atoms with Crippen molar-refractivity contribution in [1.82, 2.24) is 14.9 Å². The topological polar surface area (TPSA) is 121 Å². The van der Waals surface area contributed by atoms with Gasteiger partial charge in [-0.3, -0.25) is 24.1 Å². The molecule has 0 bridgehead atoms. The van der Waals surface area contributed by atoms with Gasteiger partial charge in [0.2, 0.25) is 17.7 Å². The highest BCUT2D eigenvalue weighted by atomic mass is 32.2. The standard InChI is InChI=1S/C13H11N5O4S3/c19-8(16-11-14-1-3-23-11)5-7-10(21)18(13(22)25-7)6-9(20)17-12-15-2-4-24-12/h1-4,7H,5-6H2,(H,14,16,19)(H,15,17,20)/t7-/m0/s1. The van der Waals surface area contributed by atoms with Gasteiger partial charge in [-0.1, -0.05) is 11.8 Å². The lowest BCUT2D eigenvalue weighted by molar-refractivity contribution is -0.131. The molecule has 4 amide bonds. The van der Waals surface area contributed by atoms with Crippen LogP contribution in [0.15, 0.2) is 23.2 Å². The van der Waals surface area contributed by atoms with Gasteiger partial charge < -0.3 is 10.6 Å². The first kappa shape index (κ1) is 17.5. The Kier molecular flexibility index (Phi) is 5.40. The summed E-state index contributed by atoms with van der Waals surface area (Å²) in [5, 5.41) is 7.86. The second kappa shape index (κ2) is 7.72. The maximum atomic E-state index is 12.3. The van der Waals surface area contributed by atoms with E-state index in [2.05, 4.69) is 20.6 Å². The molecular formula is C13H11N5O4S3. The maximum absolute atomic E-state index is 12.3. The molecule has 2 aromatic heterocycles. The number of anilines is 2. The lowest BCUT2D eigenvalue weighted by Gasteiger charge is -2.12. The molecule has 1 fully saturated rings. The lowest BCUT2D eigenvalue weighted by atomic mass is 10.2. The van der Waals surface area contributed by atoms with Gasteiger partial charge in [-0.2, -0.15) is 0 Å². The highest BCUT2D eigenvalue weighted by molar-refractivity contribution is 8.15. The molecular weight excluding hydrogens is 386 g/mol. The molecule has 1 aliphatic heterocycles. The van der Waals surface area contributed by atoms with Gasteiger partial charge in [-0.05, 0) is 0 Å². The van der Waals surface area contributed by atoms with Crippen molar-refractivity contribution in [2.24, 2.45) is 0 Å². The Morgan fingerprint density at radius 1 is 1.04 bits per heavy atom. The number of nitrogens with zero attached hydrogens (tertiary/aromatic N) is 3. The zero-order chi connectivity index (χ0) is 17.8. The van der Waals surface area contributed by atoms with Crippen LogP contribution in [0.1, 0.15) is 6.42 Å². The minimum absolute atomic E-state index is 0.167. The largest absolute Gasteiger partial charge is 0.302 e. The lowest BCUT2D eigenvalue weighted by Crippen LogP contribution is -2.38. The Morgan fingerprint density at radius 3 is 2.20 bits per heavy atom. The maximum Gasteiger partial charge on any atom is 0.289 e. The van der Waals surface area contributed by atoms with E-state index in [1.54, 1.807) is 17.0 Å². The number of amides is 4. The third kappa shape index (κ3) is 4.41. The predicted octanol–water partition coefficient (Wildman–Crippen LogP) is 1.63. The first-order valence-electron chi connectivity index (χ1n) is 6.93. The zero-order valence-corrected chi connectivity index (χ0v) is 14.9. The molecule has 0 unspecified atom stereocenters. The van der Waals surface area contributed by atoms with Crippen LogP contribution in [0.3, 0.4) is 0 Å². The molecule has 3 heterocycles. The van der Waals surface area contributed by atoms with Gasteiger partial charge in [-0.15, -0.1) is 22.7 Å². The van der Waals surface area contributed by atoms with E-state index < -0.39 is 34.8 Å². The summed E-state index contributed by atoms with van der Waals surface area (Å²) in [6.45, 7) is -0.408. The van der Waals surface area contributed by atoms with E-state index in [1.165, 1.54) is 28.9 Å². The third-order valence-electron chi connectivity index (χ3n) is 3.03. The molecule has 2 N–H and O–H groups in total. The number of carbonyl (C=O) groups is 4. The summed E-state index contributed by atoms with van der Waals surface area (Å²) in [7, 11) is 0. The van der Waals surface area contributed by atoms with E-state index in [1.807, 2.05) is 0 Å². The molecule has 130 valence electrons. The Labute approximate surface area is 153 Å². The summed E-state index contributed by atoms with van der Waals surface area (Å²) in [5.41, 5.74) is 0. The molecule has 12 heteroatoms. The van der Waals surface area contributed by atoms with Crippen molar-refractivity contribution in [2.45, 2.75) is 11.7 Å². The molecule has 0 saturated carbocycles. The summed E-state index contributed by atoms with van der Waals surface area (Å²) in [4.78, 5) is 56.7. The summed E-state index contributed by atoms with van der Waals surface area (Å²) >= 11 is 3.22. The van der Waals surface area contributed by atoms with Crippen molar-refractivity contribution in [3.05, 3.63) is 23.2 Å². The quantitative estimate of drug-likeness (QED) is 0.760. The van der Waals surface area contributed by atoms with Crippen LogP contribution in [0.25, 0.3) is 0 Å². The highest BCUT2D eigenvalue weighted by Gasteiger charge is 2.41. The van der Waals surface area contributed by atoms with E-state index >= 15 is 0 Å². The average molecular weight is 397 g/mol. The predicted molar refractivity (Wildman–Crippen MR) is 94.6 cm³/mol. The van der Waals surface area contributed by atoms with E-state index in [9.17, 15) is 19.2 Å². The monoisotopic (exact) mass is 397 g/mol. The van der Waals surface area contributed by atoms with Gasteiger partial charge in [0.1, 0.15) is 11.8 Å². The summed E-state index contributed by atoms with van der Waals surface area (Å²) in [6, 6.07) is 0. The molecule has 1 saturated heterocycles. The minimum atomic E-state index is -0.847. The number of thiazole rings is 2. The van der Waals surface area contributed by atoms with Crippen LogP contribution in [0.5, 0.6) is 0 Å². The first-order valence-corrected chi connectivity index (χ1v) is 9.57. The molecule has 25 heavy (non-hydrogen) atoms. The van der Waals surface area contributed by atoms with Gasteiger partial charge in [0.05, 0.1) is 0 Å². The molecule has 1 aliphatic rings. The number of imide groups is 1. The molecule has 0 radical (unpaired) electrons. The van der Waals surface area contributed by atoms with Crippen LogP contribution in [-0.2, 0) is 14.4 Å². The molecule has 2 aromatic rings. The number of nitrogens with one attached hydrogen (secondary N) is 2. The van der Waals surface area contributed by atoms with Crippen molar-refractivity contribution < 1.29 is 19.2 Å². The van der Waals surface area contributed by atoms with Crippen molar-refractivity contribution >= 4 is 67.7 Å². The minimum Gasteiger partial charge on any atom is -0.302 e. The van der Waals surface area contributed by atoms with Crippen LogP contribution >= 0.6 is 34.4 Å². The van der Waals surface area contributed by atoms with Crippen LogP contribution < -0.4 is 10.6 Å². The van der Waals surface area contributed by atoms with Crippen LogP contribution in [-0.4, -0.2) is 49.6 Å². The van der Waals surface area contributed by atoms with Gasteiger partial charge in [-0.25, -0.2) is 9.97 Å². The van der Waals surface area contributed by atoms with Crippen molar-refractivity contribution in [1.29, 1.82) is 0 Å². The molecule has 0 aromatic carbocycles. The average Bonchev–Trinajstić information content (AvgIpc) is 3.28. The number of hydrogen-bond donors (Lipinski definition) is 2. The molecule has 1 atom stereocenters. The van der Waals surface area contributed by atoms with E-state index in [0.717, 1.165) is 16.7 Å². The van der Waals surface area contributed by atoms with E-state index in [0.29, 0.717) is 10.3 Å². The Hall–Kier alpha value is -2.31. The van der Waals surface area contributed by atoms with Crippen molar-refractivity contribution in [3.63, 3.8) is 0 Å². The van der Waals surface area contributed by atoms with Crippen LogP contribution in [0.2, 0.25) is 0 Å². The van der Waals surface area contributed by atoms with Gasteiger partial charge >= 0.3 is 0 Å². The Morgan fingerprint density at radius 2 is 1.64 bits per heavy atom. The first-order chi connectivity index (χ1) is 12.0. The number of rotatable bonds is 6. The number of thioether (sulfide) groups is 1. The van der Waals surface area contributed by atoms with Crippen molar-refractivity contribution in [3.8, 4) is 0 Å². The second-order valence-corrected chi connectivity index (χ2v) is 7.71. The fourth-order valence-electron chi connectivity index (χ4n) is 1.98. The van der Waals surface area contributed by atoms with Crippen molar-refractivity contribution in [2.75, 3.05) is 17.2 Å². The van der Waals surface area contributed by atoms with Crippen LogP contribution in [0.4, 0.5) is 15.1 Å². The fourth-order valence-corrected chi connectivity index (χ4v) is 4.06. The SMILES string of the molecule is O=C(C[C@@H]1SC(=O)N(CC(=O)Nc2nccs2)C1=O)Nc1nccs1. The number of aromatic nitrogens is 2. The normalized spacial score (nSPS) is 17.0. The third-order valence-corrected chi connectivity index (χ3v) is 5.49. The summed E-state index contributed by atoms with van der Waals surface area (Å²) in [6.07, 6.45) is 2.90. The summed E-state index contributed by atoms with van der Waals surface area (Å²) in [5.74, 6) is -1.49. The molecule has 9 nitrogen and oxygen atoms in total. The second-order valence-electron chi connectivity index (χ2n) is 4.77. The summed E-state index contributed by atoms with van der Waals surface area (Å²) < 4.78 is 0.